The van der Waals surface area contributed by atoms with Gasteiger partial charge in [0.1, 0.15) is 5.54 Å². The maximum absolute atomic E-state index is 6.22. The van der Waals surface area contributed by atoms with Crippen LogP contribution in [0.5, 0.6) is 0 Å². The zero-order chi connectivity index (χ0) is 10.3. The Morgan fingerprint density at radius 2 is 2.40 bits per heavy atom. The highest BCUT2D eigenvalue weighted by Gasteiger charge is 2.36. The van der Waals surface area contributed by atoms with Gasteiger partial charge in [-0.05, 0) is 6.42 Å². The molecular formula is C9H11N5O. The maximum Gasteiger partial charge on any atom is 0.179 e. The number of ether oxygens (including phenoxy) is 1. The highest BCUT2D eigenvalue weighted by atomic mass is 16.5. The second-order valence-corrected chi connectivity index (χ2v) is 3.79. The Hall–Kier alpha value is -1.53. The second-order valence-electron chi connectivity index (χ2n) is 3.79. The average Bonchev–Trinajstić information content (AvgIpc) is 2.84. The minimum absolute atomic E-state index is 0.496. The van der Waals surface area contributed by atoms with E-state index >= 15 is 0 Å². The lowest BCUT2D eigenvalue weighted by molar-refractivity contribution is 0.176. The van der Waals surface area contributed by atoms with Crippen molar-refractivity contribution < 1.29 is 4.74 Å². The molecule has 1 atom stereocenters. The van der Waals surface area contributed by atoms with Gasteiger partial charge in [0.05, 0.1) is 12.8 Å². The Kier molecular flexibility index (Phi) is 1.74. The maximum atomic E-state index is 6.22. The third-order valence-corrected chi connectivity index (χ3v) is 2.71. The van der Waals surface area contributed by atoms with Crippen LogP contribution in [0.1, 0.15) is 12.2 Å². The first-order valence-electron chi connectivity index (χ1n) is 4.81. The van der Waals surface area contributed by atoms with Gasteiger partial charge in [-0.1, -0.05) is 0 Å². The minimum atomic E-state index is -0.513. The molecule has 1 aliphatic rings. The SMILES string of the molecule is NC1(c2nnc3cnccn23)CCOC1. The van der Waals surface area contributed by atoms with Crippen molar-refractivity contribution in [2.75, 3.05) is 13.2 Å². The van der Waals surface area contributed by atoms with Crippen molar-refractivity contribution in [1.82, 2.24) is 19.6 Å². The highest BCUT2D eigenvalue weighted by molar-refractivity contribution is 5.35. The molecule has 6 heteroatoms. The van der Waals surface area contributed by atoms with Crippen LogP contribution in [0.15, 0.2) is 18.6 Å². The number of nitrogens with zero attached hydrogens (tertiary/aromatic N) is 4. The van der Waals surface area contributed by atoms with E-state index in [1.165, 1.54) is 0 Å². The van der Waals surface area contributed by atoms with Gasteiger partial charge in [-0.25, -0.2) is 0 Å². The Balaban J connectivity index is 2.18. The number of hydrogen-bond acceptors (Lipinski definition) is 5. The topological polar surface area (TPSA) is 78.3 Å². The van der Waals surface area contributed by atoms with Gasteiger partial charge >= 0.3 is 0 Å². The summed E-state index contributed by atoms with van der Waals surface area (Å²) in [6.45, 7) is 1.17. The molecule has 78 valence electrons. The highest BCUT2D eigenvalue weighted by Crippen LogP contribution is 2.26. The number of hydrogen-bond donors (Lipinski definition) is 1. The van der Waals surface area contributed by atoms with Crippen LogP contribution in [0.25, 0.3) is 5.65 Å². The summed E-state index contributed by atoms with van der Waals surface area (Å²) in [5, 5.41) is 8.14. The van der Waals surface area contributed by atoms with Gasteiger partial charge in [0, 0.05) is 19.0 Å². The van der Waals surface area contributed by atoms with Crippen LogP contribution in [0.2, 0.25) is 0 Å². The van der Waals surface area contributed by atoms with E-state index < -0.39 is 5.54 Å². The fourth-order valence-corrected chi connectivity index (χ4v) is 1.85. The lowest BCUT2D eigenvalue weighted by Gasteiger charge is -2.18. The minimum Gasteiger partial charge on any atom is -0.379 e. The smallest absolute Gasteiger partial charge is 0.179 e. The molecule has 0 amide bonds. The van der Waals surface area contributed by atoms with Crippen molar-refractivity contribution in [1.29, 1.82) is 0 Å². The molecule has 0 aromatic carbocycles. The summed E-state index contributed by atoms with van der Waals surface area (Å²) < 4.78 is 7.17. The van der Waals surface area contributed by atoms with E-state index in [1.54, 1.807) is 12.4 Å². The fraction of sp³-hybridized carbons (Fsp3) is 0.444. The zero-order valence-corrected chi connectivity index (χ0v) is 8.13. The zero-order valence-electron chi connectivity index (χ0n) is 8.13. The van der Waals surface area contributed by atoms with E-state index in [1.807, 2.05) is 10.6 Å². The first kappa shape index (κ1) is 8.75. The summed E-state index contributed by atoms with van der Waals surface area (Å²) >= 11 is 0. The van der Waals surface area contributed by atoms with Crippen molar-refractivity contribution in [3.05, 3.63) is 24.4 Å². The van der Waals surface area contributed by atoms with Gasteiger partial charge in [0.15, 0.2) is 11.5 Å². The molecule has 15 heavy (non-hydrogen) atoms. The summed E-state index contributed by atoms with van der Waals surface area (Å²) in [4.78, 5) is 3.98. The van der Waals surface area contributed by atoms with Gasteiger partial charge in [0.2, 0.25) is 0 Å². The Morgan fingerprint density at radius 1 is 1.47 bits per heavy atom. The lowest BCUT2D eigenvalue weighted by atomic mass is 9.99. The van der Waals surface area contributed by atoms with Crippen molar-refractivity contribution in [3.8, 4) is 0 Å². The van der Waals surface area contributed by atoms with Gasteiger partial charge in [-0.15, -0.1) is 10.2 Å². The molecule has 2 aromatic rings. The molecule has 0 saturated carbocycles. The molecule has 0 bridgehead atoms. The van der Waals surface area contributed by atoms with Crippen LogP contribution in [-0.4, -0.2) is 32.8 Å². The quantitative estimate of drug-likeness (QED) is 0.691. The van der Waals surface area contributed by atoms with Crippen molar-refractivity contribution in [2.45, 2.75) is 12.0 Å². The van der Waals surface area contributed by atoms with E-state index in [0.29, 0.717) is 18.9 Å². The molecule has 6 nitrogen and oxygen atoms in total. The molecule has 1 aliphatic heterocycles. The number of rotatable bonds is 1. The molecule has 2 N–H and O–H groups in total. The monoisotopic (exact) mass is 205 g/mol. The van der Waals surface area contributed by atoms with Crippen LogP contribution < -0.4 is 5.73 Å². The van der Waals surface area contributed by atoms with E-state index in [0.717, 1.165) is 12.2 Å². The molecule has 1 unspecified atom stereocenters. The summed E-state index contributed by atoms with van der Waals surface area (Å²) in [5.41, 5.74) is 6.42. The van der Waals surface area contributed by atoms with Gasteiger partial charge in [-0.2, -0.15) is 0 Å². The molecule has 0 aliphatic carbocycles. The standard InChI is InChI=1S/C9H11N5O/c10-9(1-4-15-6-9)8-13-12-7-5-11-2-3-14(7)8/h2-3,5H,1,4,6,10H2. The molecule has 1 saturated heterocycles. The molecule has 3 heterocycles. The molecule has 0 spiro atoms. The number of nitrogens with two attached hydrogens (primary N) is 1. The summed E-state index contributed by atoms with van der Waals surface area (Å²) in [5.74, 6) is 0.748. The van der Waals surface area contributed by atoms with Gasteiger partial charge in [0.25, 0.3) is 0 Å². The van der Waals surface area contributed by atoms with E-state index in [2.05, 4.69) is 15.2 Å². The van der Waals surface area contributed by atoms with Crippen LogP contribution in [0.3, 0.4) is 0 Å². The third-order valence-electron chi connectivity index (χ3n) is 2.71. The van der Waals surface area contributed by atoms with Crippen molar-refractivity contribution >= 4 is 5.65 Å². The third kappa shape index (κ3) is 1.22. The summed E-state index contributed by atoms with van der Waals surface area (Å²) in [6.07, 6.45) is 5.95. The lowest BCUT2D eigenvalue weighted by Crippen LogP contribution is -2.39. The van der Waals surface area contributed by atoms with E-state index in [-0.39, 0.29) is 0 Å². The Labute approximate surface area is 86.1 Å². The van der Waals surface area contributed by atoms with Crippen molar-refractivity contribution in [2.24, 2.45) is 5.73 Å². The van der Waals surface area contributed by atoms with E-state index in [9.17, 15) is 0 Å². The van der Waals surface area contributed by atoms with E-state index in [4.69, 9.17) is 10.5 Å². The summed E-state index contributed by atoms with van der Waals surface area (Å²) in [6, 6.07) is 0. The average molecular weight is 205 g/mol. The first-order chi connectivity index (χ1) is 7.30. The van der Waals surface area contributed by atoms with Crippen molar-refractivity contribution in [3.63, 3.8) is 0 Å². The van der Waals surface area contributed by atoms with Crippen LogP contribution >= 0.6 is 0 Å². The molecule has 2 aromatic heterocycles. The largest absolute Gasteiger partial charge is 0.379 e. The predicted octanol–water partition coefficient (Wildman–Crippen LogP) is -0.301. The summed E-state index contributed by atoms with van der Waals surface area (Å²) in [7, 11) is 0. The molecule has 1 fully saturated rings. The first-order valence-corrected chi connectivity index (χ1v) is 4.81. The van der Waals surface area contributed by atoms with Gasteiger partial charge in [-0.3, -0.25) is 9.38 Å². The Bertz CT molecular complexity index is 488. The predicted molar refractivity (Wildman–Crippen MR) is 52.1 cm³/mol. The van der Waals surface area contributed by atoms with Crippen LogP contribution in [0, 0.1) is 0 Å². The molecule has 0 radical (unpaired) electrons. The normalized spacial score (nSPS) is 26.2. The van der Waals surface area contributed by atoms with Crippen LogP contribution in [-0.2, 0) is 10.3 Å². The second kappa shape index (κ2) is 2.98. The van der Waals surface area contributed by atoms with Gasteiger partial charge < -0.3 is 10.5 Å². The Morgan fingerprint density at radius 3 is 3.20 bits per heavy atom. The fourth-order valence-electron chi connectivity index (χ4n) is 1.85. The molecular weight excluding hydrogens is 194 g/mol. The number of aromatic nitrogens is 4. The van der Waals surface area contributed by atoms with Crippen LogP contribution in [0.4, 0.5) is 0 Å². The number of fused-ring (bicyclic) bond motifs is 1. The molecule has 3 rings (SSSR count).